The van der Waals surface area contributed by atoms with Gasteiger partial charge in [0.15, 0.2) is 41.2 Å². The fraction of sp³-hybridized carbons (Fsp3) is 0.133. The Morgan fingerprint density at radius 1 is 0.622 bits per heavy atom. The van der Waals surface area contributed by atoms with Gasteiger partial charge in [-0.25, -0.2) is 0 Å². The van der Waals surface area contributed by atoms with Crippen molar-refractivity contribution in [2.75, 3.05) is 13.2 Å². The van der Waals surface area contributed by atoms with Crippen molar-refractivity contribution in [3.8, 4) is 23.0 Å². The largest absolute Gasteiger partial charge is 0.504 e. The number of phenols is 3. The number of rotatable bonds is 11. The van der Waals surface area contributed by atoms with Gasteiger partial charge in [0.1, 0.15) is 0 Å². The van der Waals surface area contributed by atoms with Crippen LogP contribution in [0.4, 0.5) is 0 Å². The maximum Gasteiger partial charge on any atom is 0.200 e. The van der Waals surface area contributed by atoms with Crippen LogP contribution in [0.3, 0.4) is 0 Å². The highest BCUT2D eigenvalue weighted by molar-refractivity contribution is 5.99. The Labute approximate surface area is 214 Å². The molecule has 0 aliphatic carbocycles. The van der Waals surface area contributed by atoms with Crippen molar-refractivity contribution in [1.82, 2.24) is 4.90 Å². The molecule has 0 aromatic heterocycles. The van der Waals surface area contributed by atoms with E-state index in [9.17, 15) is 24.9 Å². The third-order valence-corrected chi connectivity index (χ3v) is 5.80. The highest BCUT2D eigenvalue weighted by atomic mass is 16.5. The van der Waals surface area contributed by atoms with Crippen LogP contribution in [0, 0.1) is 0 Å². The SMILES string of the molecule is O=C(COc1cc(C(=O)CN(Cc2ccccc2)Cc2ccccc2)ccc1O)c1ccc(O)c(O)c1. The van der Waals surface area contributed by atoms with E-state index in [-0.39, 0.29) is 35.1 Å². The number of aromatic hydroxyl groups is 3. The fourth-order valence-electron chi connectivity index (χ4n) is 3.87. The van der Waals surface area contributed by atoms with Gasteiger partial charge in [0.05, 0.1) is 6.54 Å². The molecule has 4 rings (SSSR count). The van der Waals surface area contributed by atoms with Gasteiger partial charge in [-0.1, -0.05) is 60.7 Å². The average molecular weight is 498 g/mol. The second kappa shape index (κ2) is 11.9. The Morgan fingerprint density at radius 2 is 1.16 bits per heavy atom. The normalized spacial score (nSPS) is 10.8. The number of Topliss-reactive ketones (excluding diaryl/α,β-unsaturated/α-hetero) is 2. The van der Waals surface area contributed by atoms with E-state index in [1.165, 1.54) is 30.3 Å². The van der Waals surface area contributed by atoms with Crippen molar-refractivity contribution in [1.29, 1.82) is 0 Å². The van der Waals surface area contributed by atoms with Gasteiger partial charge < -0.3 is 20.1 Å². The molecule has 0 saturated heterocycles. The second-order valence-corrected chi connectivity index (χ2v) is 8.64. The lowest BCUT2D eigenvalue weighted by Crippen LogP contribution is -2.29. The van der Waals surface area contributed by atoms with Crippen LogP contribution in [-0.4, -0.2) is 44.9 Å². The van der Waals surface area contributed by atoms with Crippen LogP contribution in [-0.2, 0) is 13.1 Å². The van der Waals surface area contributed by atoms with E-state index < -0.39 is 18.1 Å². The molecule has 0 saturated carbocycles. The molecule has 4 aromatic carbocycles. The van der Waals surface area contributed by atoms with Crippen LogP contribution in [0.5, 0.6) is 23.0 Å². The minimum atomic E-state index is -0.469. The molecule has 37 heavy (non-hydrogen) atoms. The molecular weight excluding hydrogens is 470 g/mol. The first kappa shape index (κ1) is 25.5. The highest BCUT2D eigenvalue weighted by Gasteiger charge is 2.17. The first-order chi connectivity index (χ1) is 17.9. The standard InChI is InChI=1S/C30H27NO6/c32-25-13-11-23(15-27(25)34)29(36)20-37-30-16-24(12-14-26(30)33)28(35)19-31(17-21-7-3-1-4-8-21)18-22-9-5-2-6-10-22/h1-16,32-34H,17-20H2. The first-order valence-corrected chi connectivity index (χ1v) is 11.7. The summed E-state index contributed by atoms with van der Waals surface area (Å²) in [5.41, 5.74) is 2.65. The quantitative estimate of drug-likeness (QED) is 0.199. The molecule has 0 bridgehead atoms. The predicted octanol–water partition coefficient (Wildman–Crippen LogP) is 4.95. The van der Waals surface area contributed by atoms with Crippen LogP contribution in [0.1, 0.15) is 31.8 Å². The topological polar surface area (TPSA) is 107 Å². The molecule has 0 heterocycles. The van der Waals surface area contributed by atoms with Gasteiger partial charge in [0, 0.05) is 24.2 Å². The highest BCUT2D eigenvalue weighted by Crippen LogP contribution is 2.28. The van der Waals surface area contributed by atoms with Gasteiger partial charge in [-0.05, 0) is 47.5 Å². The summed E-state index contributed by atoms with van der Waals surface area (Å²) in [6.07, 6.45) is 0. The van der Waals surface area contributed by atoms with Gasteiger partial charge in [-0.2, -0.15) is 0 Å². The first-order valence-electron chi connectivity index (χ1n) is 11.7. The molecule has 7 heteroatoms. The number of nitrogens with zero attached hydrogens (tertiary/aromatic N) is 1. The molecular formula is C30H27NO6. The van der Waals surface area contributed by atoms with E-state index in [2.05, 4.69) is 0 Å². The third-order valence-electron chi connectivity index (χ3n) is 5.80. The fourth-order valence-corrected chi connectivity index (χ4v) is 3.87. The maximum absolute atomic E-state index is 13.2. The number of ether oxygens (including phenoxy) is 1. The zero-order valence-corrected chi connectivity index (χ0v) is 20.1. The molecule has 7 nitrogen and oxygen atoms in total. The number of phenolic OH excluding ortho intramolecular Hbond substituents is 3. The smallest absolute Gasteiger partial charge is 0.200 e. The van der Waals surface area contributed by atoms with Crippen LogP contribution in [0.25, 0.3) is 0 Å². The van der Waals surface area contributed by atoms with Gasteiger partial charge in [0.25, 0.3) is 0 Å². The molecule has 0 atom stereocenters. The van der Waals surface area contributed by atoms with Gasteiger partial charge >= 0.3 is 0 Å². The number of carbonyl (C=O) groups excluding carboxylic acids is 2. The lowest BCUT2D eigenvalue weighted by atomic mass is 10.1. The Balaban J connectivity index is 1.46. The van der Waals surface area contributed by atoms with E-state index in [0.717, 1.165) is 17.2 Å². The molecule has 0 aliphatic rings. The lowest BCUT2D eigenvalue weighted by Gasteiger charge is -2.22. The van der Waals surface area contributed by atoms with Gasteiger partial charge in [-0.15, -0.1) is 0 Å². The number of carbonyl (C=O) groups is 2. The minimum Gasteiger partial charge on any atom is -0.504 e. The predicted molar refractivity (Wildman–Crippen MR) is 139 cm³/mol. The van der Waals surface area contributed by atoms with Crippen LogP contribution in [0.15, 0.2) is 97.1 Å². The summed E-state index contributed by atoms with van der Waals surface area (Å²) in [5.74, 6) is -1.59. The van der Waals surface area contributed by atoms with E-state index in [0.29, 0.717) is 18.7 Å². The van der Waals surface area contributed by atoms with E-state index >= 15 is 0 Å². The maximum atomic E-state index is 13.2. The minimum absolute atomic E-state index is 0.000121. The lowest BCUT2D eigenvalue weighted by molar-refractivity contribution is 0.0918. The number of hydrogen-bond acceptors (Lipinski definition) is 7. The van der Waals surface area contributed by atoms with Crippen molar-refractivity contribution >= 4 is 11.6 Å². The van der Waals surface area contributed by atoms with Crippen molar-refractivity contribution < 1.29 is 29.6 Å². The zero-order chi connectivity index (χ0) is 26.2. The van der Waals surface area contributed by atoms with Crippen molar-refractivity contribution in [2.24, 2.45) is 0 Å². The number of ketones is 2. The van der Waals surface area contributed by atoms with Gasteiger partial charge in [-0.3, -0.25) is 14.5 Å². The Morgan fingerprint density at radius 3 is 1.73 bits per heavy atom. The van der Waals surface area contributed by atoms with Crippen LogP contribution in [0.2, 0.25) is 0 Å². The molecule has 0 fully saturated rings. The van der Waals surface area contributed by atoms with Crippen molar-refractivity contribution in [2.45, 2.75) is 13.1 Å². The average Bonchev–Trinajstić information content (AvgIpc) is 2.90. The van der Waals surface area contributed by atoms with E-state index in [4.69, 9.17) is 4.74 Å². The number of hydrogen-bond donors (Lipinski definition) is 3. The molecule has 3 N–H and O–H groups in total. The molecule has 0 spiro atoms. The van der Waals surface area contributed by atoms with Crippen LogP contribution >= 0.6 is 0 Å². The molecule has 0 amide bonds. The molecule has 0 aliphatic heterocycles. The van der Waals surface area contributed by atoms with Crippen molar-refractivity contribution in [3.05, 3.63) is 119 Å². The summed E-state index contributed by atoms with van der Waals surface area (Å²) in [7, 11) is 0. The Hall–Kier alpha value is -4.62. The summed E-state index contributed by atoms with van der Waals surface area (Å²) in [5, 5.41) is 29.2. The zero-order valence-electron chi connectivity index (χ0n) is 20.1. The second-order valence-electron chi connectivity index (χ2n) is 8.64. The third kappa shape index (κ3) is 6.96. The molecule has 0 unspecified atom stereocenters. The summed E-state index contributed by atoms with van der Waals surface area (Å²) in [6.45, 7) is 0.872. The van der Waals surface area contributed by atoms with Crippen molar-refractivity contribution in [3.63, 3.8) is 0 Å². The summed E-state index contributed by atoms with van der Waals surface area (Å²) < 4.78 is 5.50. The molecule has 0 radical (unpaired) electrons. The molecule has 188 valence electrons. The summed E-state index contributed by atoms with van der Waals surface area (Å²) in [4.78, 5) is 27.7. The summed E-state index contributed by atoms with van der Waals surface area (Å²) >= 11 is 0. The Kier molecular flexibility index (Phi) is 8.18. The van der Waals surface area contributed by atoms with Gasteiger partial charge in [0.2, 0.25) is 0 Å². The molecule has 4 aromatic rings. The van der Waals surface area contributed by atoms with E-state index in [1.807, 2.05) is 65.6 Å². The van der Waals surface area contributed by atoms with Crippen LogP contribution < -0.4 is 4.74 Å². The summed E-state index contributed by atoms with van der Waals surface area (Å²) in [6, 6.07) is 27.8. The van der Waals surface area contributed by atoms with E-state index in [1.54, 1.807) is 0 Å². The Bertz CT molecular complexity index is 1330. The number of benzene rings is 4. The monoisotopic (exact) mass is 497 g/mol.